The SMILES string of the molecule is FC(F)Oc1ccc2c(c1)CO[C@H]1COCCN[C@@H]21. The summed E-state index contributed by atoms with van der Waals surface area (Å²) in [4.78, 5) is 0. The number of benzene rings is 1. The van der Waals surface area contributed by atoms with Crippen LogP contribution in [0.2, 0.25) is 0 Å². The van der Waals surface area contributed by atoms with Crippen molar-refractivity contribution in [1.82, 2.24) is 5.32 Å². The van der Waals surface area contributed by atoms with Crippen molar-refractivity contribution in [3.63, 3.8) is 0 Å². The van der Waals surface area contributed by atoms with E-state index in [1.807, 2.05) is 6.07 Å². The Labute approximate surface area is 109 Å². The van der Waals surface area contributed by atoms with E-state index >= 15 is 0 Å². The number of rotatable bonds is 2. The predicted molar refractivity (Wildman–Crippen MR) is 63.2 cm³/mol. The van der Waals surface area contributed by atoms with Crippen molar-refractivity contribution < 1.29 is 23.0 Å². The van der Waals surface area contributed by atoms with E-state index in [4.69, 9.17) is 9.47 Å². The number of hydrogen-bond donors (Lipinski definition) is 1. The Hall–Kier alpha value is -1.24. The zero-order chi connectivity index (χ0) is 13.2. The maximum atomic E-state index is 12.2. The highest BCUT2D eigenvalue weighted by Gasteiger charge is 2.32. The minimum atomic E-state index is -2.81. The van der Waals surface area contributed by atoms with Crippen LogP contribution < -0.4 is 10.1 Å². The quantitative estimate of drug-likeness (QED) is 0.891. The van der Waals surface area contributed by atoms with Gasteiger partial charge in [0.05, 0.1) is 25.9 Å². The molecule has 1 fully saturated rings. The second-order valence-corrected chi connectivity index (χ2v) is 4.60. The van der Waals surface area contributed by atoms with Crippen molar-refractivity contribution in [1.29, 1.82) is 0 Å². The Morgan fingerprint density at radius 1 is 1.37 bits per heavy atom. The summed E-state index contributed by atoms with van der Waals surface area (Å²) in [7, 11) is 0. The zero-order valence-corrected chi connectivity index (χ0v) is 10.3. The molecular formula is C13H15F2NO3. The third kappa shape index (κ3) is 2.70. The highest BCUT2D eigenvalue weighted by atomic mass is 19.3. The number of alkyl halides is 2. The summed E-state index contributed by atoms with van der Waals surface area (Å²) in [6.45, 7) is -0.467. The molecule has 2 aliphatic rings. The molecule has 19 heavy (non-hydrogen) atoms. The fourth-order valence-corrected chi connectivity index (χ4v) is 2.55. The van der Waals surface area contributed by atoms with Crippen molar-refractivity contribution in [3.05, 3.63) is 29.3 Å². The van der Waals surface area contributed by atoms with Gasteiger partial charge in [-0.3, -0.25) is 0 Å². The lowest BCUT2D eigenvalue weighted by Gasteiger charge is -2.32. The molecule has 0 aliphatic carbocycles. The van der Waals surface area contributed by atoms with Crippen LogP contribution in [-0.2, 0) is 16.1 Å². The fourth-order valence-electron chi connectivity index (χ4n) is 2.55. The summed E-state index contributed by atoms with van der Waals surface area (Å²) >= 11 is 0. The molecule has 2 aliphatic heterocycles. The molecule has 6 heteroatoms. The molecule has 1 aromatic rings. The van der Waals surface area contributed by atoms with Crippen molar-refractivity contribution in [3.8, 4) is 5.75 Å². The van der Waals surface area contributed by atoms with Crippen molar-refractivity contribution in [2.45, 2.75) is 25.4 Å². The molecule has 0 unspecified atom stereocenters. The van der Waals surface area contributed by atoms with Crippen LogP contribution in [-0.4, -0.2) is 32.5 Å². The van der Waals surface area contributed by atoms with E-state index in [0.717, 1.165) is 17.7 Å². The van der Waals surface area contributed by atoms with E-state index in [0.29, 0.717) is 19.8 Å². The topological polar surface area (TPSA) is 39.7 Å². The molecule has 4 nitrogen and oxygen atoms in total. The molecule has 2 atom stereocenters. The Balaban J connectivity index is 1.86. The normalized spacial score (nSPS) is 26.5. The molecule has 0 bridgehead atoms. The standard InChI is InChI=1S/C13H15F2NO3/c14-13(15)19-9-1-2-10-8(5-9)6-18-11-7-17-4-3-16-12(10)11/h1-2,5,11-13,16H,3-4,6-7H2/t11-,12-/m0/s1. The Bertz CT molecular complexity index is 456. The summed E-state index contributed by atoms with van der Waals surface area (Å²) in [5.41, 5.74) is 1.96. The minimum Gasteiger partial charge on any atom is -0.435 e. The Morgan fingerprint density at radius 3 is 3.11 bits per heavy atom. The molecular weight excluding hydrogens is 256 g/mol. The molecule has 0 radical (unpaired) electrons. The molecule has 104 valence electrons. The van der Waals surface area contributed by atoms with Gasteiger partial charge in [0.15, 0.2) is 0 Å². The monoisotopic (exact) mass is 271 g/mol. The average Bonchev–Trinajstić information content (AvgIpc) is 2.62. The lowest BCUT2D eigenvalue weighted by Crippen LogP contribution is -2.38. The summed E-state index contributed by atoms with van der Waals surface area (Å²) < 4.78 is 40.0. The molecule has 2 heterocycles. The molecule has 1 aromatic carbocycles. The number of fused-ring (bicyclic) bond motifs is 3. The maximum absolute atomic E-state index is 12.2. The van der Waals surface area contributed by atoms with E-state index in [1.165, 1.54) is 0 Å². The highest BCUT2D eigenvalue weighted by Crippen LogP contribution is 2.33. The van der Waals surface area contributed by atoms with Gasteiger partial charge in [0.1, 0.15) is 11.9 Å². The molecule has 0 amide bonds. The zero-order valence-electron chi connectivity index (χ0n) is 10.3. The number of halogens is 2. The highest BCUT2D eigenvalue weighted by molar-refractivity contribution is 5.39. The van der Waals surface area contributed by atoms with Crippen molar-refractivity contribution >= 4 is 0 Å². The van der Waals surface area contributed by atoms with Crippen LogP contribution >= 0.6 is 0 Å². The van der Waals surface area contributed by atoms with Gasteiger partial charge in [-0.15, -0.1) is 0 Å². The van der Waals surface area contributed by atoms with Crippen LogP contribution in [0.5, 0.6) is 5.75 Å². The number of hydrogen-bond acceptors (Lipinski definition) is 4. The molecule has 0 aromatic heterocycles. The van der Waals surface area contributed by atoms with Gasteiger partial charge in [-0.2, -0.15) is 8.78 Å². The lowest BCUT2D eigenvalue weighted by molar-refractivity contribution is -0.0512. The smallest absolute Gasteiger partial charge is 0.387 e. The molecule has 0 spiro atoms. The van der Waals surface area contributed by atoms with Gasteiger partial charge in [0, 0.05) is 6.54 Å². The van der Waals surface area contributed by atoms with Crippen LogP contribution in [0.15, 0.2) is 18.2 Å². The second kappa shape index (κ2) is 5.40. The van der Waals surface area contributed by atoms with Crippen LogP contribution in [0.3, 0.4) is 0 Å². The van der Waals surface area contributed by atoms with Gasteiger partial charge in [-0.1, -0.05) is 6.07 Å². The van der Waals surface area contributed by atoms with Gasteiger partial charge in [-0.25, -0.2) is 0 Å². The fraction of sp³-hybridized carbons (Fsp3) is 0.538. The van der Waals surface area contributed by atoms with Gasteiger partial charge in [-0.05, 0) is 23.3 Å². The van der Waals surface area contributed by atoms with Crippen molar-refractivity contribution in [2.75, 3.05) is 19.8 Å². The Kier molecular flexibility index (Phi) is 3.63. The third-order valence-electron chi connectivity index (χ3n) is 3.39. The summed E-state index contributed by atoms with van der Waals surface area (Å²) in [6.07, 6.45) is -0.0307. The van der Waals surface area contributed by atoms with E-state index < -0.39 is 6.61 Å². The molecule has 1 saturated heterocycles. The molecule has 1 N–H and O–H groups in total. The van der Waals surface area contributed by atoms with Gasteiger partial charge in [0.2, 0.25) is 0 Å². The maximum Gasteiger partial charge on any atom is 0.387 e. The first-order valence-corrected chi connectivity index (χ1v) is 6.24. The van der Waals surface area contributed by atoms with Crippen molar-refractivity contribution in [2.24, 2.45) is 0 Å². The first-order chi connectivity index (χ1) is 9.24. The van der Waals surface area contributed by atoms with E-state index in [2.05, 4.69) is 10.1 Å². The lowest BCUT2D eigenvalue weighted by atomic mass is 9.94. The van der Waals surface area contributed by atoms with E-state index in [9.17, 15) is 8.78 Å². The summed E-state index contributed by atoms with van der Waals surface area (Å²) in [5, 5.41) is 3.36. The predicted octanol–water partition coefficient (Wildman–Crippen LogP) is 1.85. The van der Waals surface area contributed by atoms with Crippen LogP contribution in [0, 0.1) is 0 Å². The first-order valence-electron chi connectivity index (χ1n) is 6.24. The van der Waals surface area contributed by atoms with Gasteiger partial charge < -0.3 is 19.5 Å². The van der Waals surface area contributed by atoms with Crippen LogP contribution in [0.1, 0.15) is 17.2 Å². The minimum absolute atomic E-state index is 0.0307. The first kappa shape index (κ1) is 12.8. The van der Waals surface area contributed by atoms with Gasteiger partial charge >= 0.3 is 6.61 Å². The van der Waals surface area contributed by atoms with E-state index in [-0.39, 0.29) is 17.9 Å². The number of ether oxygens (including phenoxy) is 3. The molecule has 3 rings (SSSR count). The summed E-state index contributed by atoms with van der Waals surface area (Å²) in [5.74, 6) is 0.167. The largest absolute Gasteiger partial charge is 0.435 e. The third-order valence-corrected chi connectivity index (χ3v) is 3.39. The molecule has 0 saturated carbocycles. The Morgan fingerprint density at radius 2 is 2.26 bits per heavy atom. The van der Waals surface area contributed by atoms with E-state index in [1.54, 1.807) is 12.1 Å². The van der Waals surface area contributed by atoms with Crippen LogP contribution in [0.4, 0.5) is 8.78 Å². The number of nitrogens with one attached hydrogen (secondary N) is 1. The summed E-state index contributed by atoms with van der Waals surface area (Å²) in [6, 6.07) is 5.06. The van der Waals surface area contributed by atoms with Crippen LogP contribution in [0.25, 0.3) is 0 Å². The van der Waals surface area contributed by atoms with Gasteiger partial charge in [0.25, 0.3) is 0 Å². The average molecular weight is 271 g/mol. The second-order valence-electron chi connectivity index (χ2n) is 4.60.